The van der Waals surface area contributed by atoms with E-state index in [0.29, 0.717) is 10.8 Å². The number of rotatable bonds is 3. The lowest BCUT2D eigenvalue weighted by atomic mass is 9.70. The molecule has 2 heteroatoms. The highest BCUT2D eigenvalue weighted by atomic mass is 15.1. The Morgan fingerprint density at radius 3 is 2.37 bits per heavy atom. The van der Waals surface area contributed by atoms with Crippen molar-refractivity contribution in [1.29, 1.82) is 0 Å². The van der Waals surface area contributed by atoms with Crippen molar-refractivity contribution in [3.05, 3.63) is 0 Å². The predicted octanol–water partition coefficient (Wildman–Crippen LogP) is 3.65. The number of nitrogens with two attached hydrogens (primary N) is 1. The zero-order valence-corrected chi connectivity index (χ0v) is 13.4. The van der Waals surface area contributed by atoms with Crippen molar-refractivity contribution in [3.8, 4) is 0 Å². The zero-order chi connectivity index (χ0) is 13.9. The first-order valence-corrected chi connectivity index (χ1v) is 8.37. The molecule has 0 radical (unpaired) electrons. The molecule has 1 aliphatic heterocycles. The van der Waals surface area contributed by atoms with Gasteiger partial charge in [0.1, 0.15) is 0 Å². The summed E-state index contributed by atoms with van der Waals surface area (Å²) >= 11 is 0. The summed E-state index contributed by atoms with van der Waals surface area (Å²) in [6.07, 6.45) is 9.58. The molecule has 1 saturated carbocycles. The first-order chi connectivity index (χ1) is 8.95. The van der Waals surface area contributed by atoms with Gasteiger partial charge < -0.3 is 10.6 Å². The quantitative estimate of drug-likeness (QED) is 0.845. The number of hydrogen-bond donors (Lipinski definition) is 1. The Kier molecular flexibility index (Phi) is 4.94. The SMILES string of the molecule is CC1CCC(CN)(CN2CCCC(C)(C)CC2)CC1. The van der Waals surface area contributed by atoms with Crippen LogP contribution in [0, 0.1) is 16.7 Å². The van der Waals surface area contributed by atoms with Gasteiger partial charge in [-0.2, -0.15) is 0 Å². The van der Waals surface area contributed by atoms with Crippen molar-refractivity contribution >= 4 is 0 Å². The van der Waals surface area contributed by atoms with Crippen LogP contribution in [-0.2, 0) is 0 Å². The standard InChI is InChI=1S/C17H34N2/c1-15-5-8-17(13-18,9-6-15)14-19-11-4-7-16(2,3)10-12-19/h15H,4-14,18H2,1-3H3. The summed E-state index contributed by atoms with van der Waals surface area (Å²) in [5.41, 5.74) is 7.15. The van der Waals surface area contributed by atoms with Crippen LogP contribution >= 0.6 is 0 Å². The molecule has 19 heavy (non-hydrogen) atoms. The molecule has 0 amide bonds. The first kappa shape index (κ1) is 15.3. The van der Waals surface area contributed by atoms with Gasteiger partial charge in [0.05, 0.1) is 0 Å². The second-order valence-electron chi connectivity index (χ2n) is 8.18. The maximum absolute atomic E-state index is 6.17. The van der Waals surface area contributed by atoms with Gasteiger partial charge in [-0.25, -0.2) is 0 Å². The normalized spacial score (nSPS) is 36.9. The van der Waals surface area contributed by atoms with E-state index in [1.165, 1.54) is 64.6 Å². The van der Waals surface area contributed by atoms with Crippen LogP contribution in [0.4, 0.5) is 0 Å². The van der Waals surface area contributed by atoms with Crippen LogP contribution in [0.15, 0.2) is 0 Å². The van der Waals surface area contributed by atoms with Crippen molar-refractivity contribution in [3.63, 3.8) is 0 Å². The molecular formula is C17H34N2. The third kappa shape index (κ3) is 4.19. The minimum Gasteiger partial charge on any atom is -0.330 e. The second-order valence-corrected chi connectivity index (χ2v) is 8.18. The lowest BCUT2D eigenvalue weighted by molar-refractivity contribution is 0.0949. The largest absolute Gasteiger partial charge is 0.330 e. The second kappa shape index (κ2) is 6.13. The summed E-state index contributed by atoms with van der Waals surface area (Å²) in [6, 6.07) is 0. The van der Waals surface area contributed by atoms with Crippen LogP contribution in [0.3, 0.4) is 0 Å². The van der Waals surface area contributed by atoms with E-state index in [2.05, 4.69) is 25.7 Å². The molecule has 0 unspecified atom stereocenters. The zero-order valence-electron chi connectivity index (χ0n) is 13.4. The monoisotopic (exact) mass is 266 g/mol. The van der Waals surface area contributed by atoms with Gasteiger partial charge >= 0.3 is 0 Å². The van der Waals surface area contributed by atoms with Gasteiger partial charge in [0.15, 0.2) is 0 Å². The fourth-order valence-corrected chi connectivity index (χ4v) is 3.91. The molecule has 1 heterocycles. The Bertz CT molecular complexity index is 277. The average Bonchev–Trinajstić information content (AvgIpc) is 2.54. The molecule has 2 N–H and O–H groups in total. The summed E-state index contributed by atoms with van der Waals surface area (Å²) in [5.74, 6) is 0.919. The minimum atomic E-state index is 0.432. The lowest BCUT2D eigenvalue weighted by Crippen LogP contribution is -2.45. The Morgan fingerprint density at radius 2 is 1.74 bits per heavy atom. The number of hydrogen-bond acceptors (Lipinski definition) is 2. The van der Waals surface area contributed by atoms with Gasteiger partial charge in [-0.15, -0.1) is 0 Å². The van der Waals surface area contributed by atoms with Crippen molar-refractivity contribution in [2.45, 2.75) is 65.7 Å². The van der Waals surface area contributed by atoms with Crippen molar-refractivity contribution in [2.24, 2.45) is 22.5 Å². The third-order valence-corrected chi connectivity index (χ3v) is 5.76. The molecule has 2 fully saturated rings. The molecule has 1 aliphatic carbocycles. The molecule has 112 valence electrons. The third-order valence-electron chi connectivity index (χ3n) is 5.76. The van der Waals surface area contributed by atoms with Gasteiger partial charge in [-0.1, -0.05) is 33.6 Å². The van der Waals surface area contributed by atoms with Gasteiger partial charge in [0.25, 0.3) is 0 Å². The summed E-state index contributed by atoms with van der Waals surface area (Å²) in [6.45, 7) is 12.0. The fourth-order valence-electron chi connectivity index (χ4n) is 3.91. The molecule has 0 aromatic rings. The molecule has 2 aliphatic rings. The Balaban J connectivity index is 1.91. The number of nitrogens with zero attached hydrogens (tertiary/aromatic N) is 1. The topological polar surface area (TPSA) is 29.3 Å². The smallest absolute Gasteiger partial charge is 0.00501 e. The van der Waals surface area contributed by atoms with Crippen molar-refractivity contribution in [2.75, 3.05) is 26.2 Å². The highest BCUT2D eigenvalue weighted by molar-refractivity contribution is 4.89. The van der Waals surface area contributed by atoms with E-state index in [9.17, 15) is 0 Å². The van der Waals surface area contributed by atoms with E-state index in [4.69, 9.17) is 5.73 Å². The molecular weight excluding hydrogens is 232 g/mol. The predicted molar refractivity (Wildman–Crippen MR) is 83.2 cm³/mol. The first-order valence-electron chi connectivity index (χ1n) is 8.37. The van der Waals surface area contributed by atoms with Crippen LogP contribution in [0.25, 0.3) is 0 Å². The molecule has 0 bridgehead atoms. The van der Waals surface area contributed by atoms with Crippen molar-refractivity contribution < 1.29 is 0 Å². The summed E-state index contributed by atoms with van der Waals surface area (Å²) in [5, 5.41) is 0. The molecule has 0 aromatic heterocycles. The van der Waals surface area contributed by atoms with Gasteiger partial charge in [0.2, 0.25) is 0 Å². The Hall–Kier alpha value is -0.0800. The van der Waals surface area contributed by atoms with Crippen LogP contribution in [0.1, 0.15) is 65.7 Å². The van der Waals surface area contributed by atoms with E-state index >= 15 is 0 Å². The van der Waals surface area contributed by atoms with E-state index in [1.54, 1.807) is 0 Å². The maximum atomic E-state index is 6.17. The molecule has 1 saturated heterocycles. The Morgan fingerprint density at radius 1 is 1.05 bits per heavy atom. The van der Waals surface area contributed by atoms with Gasteiger partial charge in [-0.05, 0) is 68.5 Å². The molecule has 0 spiro atoms. The lowest BCUT2D eigenvalue weighted by Gasteiger charge is -2.42. The highest BCUT2D eigenvalue weighted by Gasteiger charge is 2.35. The molecule has 2 nitrogen and oxygen atoms in total. The van der Waals surface area contributed by atoms with E-state index < -0.39 is 0 Å². The van der Waals surface area contributed by atoms with Crippen molar-refractivity contribution in [1.82, 2.24) is 4.90 Å². The molecule has 0 aromatic carbocycles. The summed E-state index contributed by atoms with van der Waals surface area (Å²) in [7, 11) is 0. The highest BCUT2D eigenvalue weighted by Crippen LogP contribution is 2.39. The molecule has 2 rings (SSSR count). The minimum absolute atomic E-state index is 0.432. The van der Waals surface area contributed by atoms with Crippen LogP contribution in [0.5, 0.6) is 0 Å². The Labute approximate surface area is 120 Å². The average molecular weight is 266 g/mol. The van der Waals surface area contributed by atoms with Crippen LogP contribution < -0.4 is 5.73 Å². The number of likely N-dealkylation sites (tertiary alicyclic amines) is 1. The van der Waals surface area contributed by atoms with Gasteiger partial charge in [0, 0.05) is 6.54 Å². The van der Waals surface area contributed by atoms with Gasteiger partial charge in [-0.3, -0.25) is 0 Å². The van der Waals surface area contributed by atoms with Crippen LogP contribution in [0.2, 0.25) is 0 Å². The summed E-state index contributed by atoms with van der Waals surface area (Å²) < 4.78 is 0. The maximum Gasteiger partial charge on any atom is 0.00501 e. The van der Waals surface area contributed by atoms with E-state index in [1.807, 2.05) is 0 Å². The van der Waals surface area contributed by atoms with E-state index in [-0.39, 0.29) is 0 Å². The fraction of sp³-hybridized carbons (Fsp3) is 1.00. The summed E-state index contributed by atoms with van der Waals surface area (Å²) in [4.78, 5) is 2.72. The molecule has 0 atom stereocenters. The van der Waals surface area contributed by atoms with Crippen LogP contribution in [-0.4, -0.2) is 31.1 Å². The van der Waals surface area contributed by atoms with E-state index in [0.717, 1.165) is 12.5 Å².